The summed E-state index contributed by atoms with van der Waals surface area (Å²) in [4.78, 5) is 25.3. The van der Waals surface area contributed by atoms with Gasteiger partial charge in [-0.05, 0) is 55.4 Å². The predicted octanol–water partition coefficient (Wildman–Crippen LogP) is 4.25. The smallest absolute Gasteiger partial charge is 0.335 e. The van der Waals surface area contributed by atoms with E-state index in [1.54, 1.807) is 12.1 Å². The second-order valence-corrected chi connectivity index (χ2v) is 9.15. The number of carbonyl (C=O) groups excluding carboxylic acids is 1. The Bertz CT molecular complexity index is 963. The molecule has 2 aliphatic rings. The fourth-order valence-corrected chi connectivity index (χ4v) is 4.96. The summed E-state index contributed by atoms with van der Waals surface area (Å²) >= 11 is 0. The highest BCUT2D eigenvalue weighted by atomic mass is 16.4. The molecule has 0 radical (unpaired) electrons. The molecule has 1 heterocycles. The molecule has 0 aromatic heterocycles. The Hall–Kier alpha value is -2.92. The molecule has 2 N–H and O–H groups in total. The average Bonchev–Trinajstić information content (AvgIpc) is 3.13. The number of aromatic carboxylic acids is 1. The molecule has 168 valence electrons. The summed E-state index contributed by atoms with van der Waals surface area (Å²) in [5, 5.41) is 20.1. The number of hydrogen-bond acceptors (Lipinski definition) is 3. The predicted molar refractivity (Wildman–Crippen MR) is 123 cm³/mol. The third kappa shape index (κ3) is 4.94. The Morgan fingerprint density at radius 3 is 2.44 bits per heavy atom. The van der Waals surface area contributed by atoms with E-state index in [2.05, 4.69) is 12.1 Å². The Morgan fingerprint density at radius 1 is 1.09 bits per heavy atom. The minimum absolute atomic E-state index is 0.00398. The van der Waals surface area contributed by atoms with Crippen LogP contribution in [0.5, 0.6) is 0 Å². The molecule has 1 amide bonds. The zero-order valence-corrected chi connectivity index (χ0v) is 18.3. The SMILES string of the molecule is O=C(O)c1ccc(CCN2C(=O)CCC2C=CC(O)C2(Cc3ccccc3)CCC2)cc1. The van der Waals surface area contributed by atoms with Crippen LogP contribution in [0.1, 0.15) is 53.6 Å². The van der Waals surface area contributed by atoms with Gasteiger partial charge in [0.25, 0.3) is 0 Å². The van der Waals surface area contributed by atoms with Gasteiger partial charge in [-0.3, -0.25) is 4.79 Å². The van der Waals surface area contributed by atoms with E-state index < -0.39 is 12.1 Å². The number of amides is 1. The number of carbonyl (C=O) groups is 2. The van der Waals surface area contributed by atoms with Crippen LogP contribution in [-0.2, 0) is 17.6 Å². The molecule has 0 spiro atoms. The quantitative estimate of drug-likeness (QED) is 0.580. The minimum Gasteiger partial charge on any atom is -0.478 e. The van der Waals surface area contributed by atoms with Crippen LogP contribution in [0.2, 0.25) is 0 Å². The van der Waals surface area contributed by atoms with Gasteiger partial charge in [0.2, 0.25) is 5.91 Å². The normalized spacial score (nSPS) is 21.0. The van der Waals surface area contributed by atoms with Crippen molar-refractivity contribution in [1.29, 1.82) is 0 Å². The summed E-state index contributed by atoms with van der Waals surface area (Å²) in [5.74, 6) is -0.800. The molecule has 5 nitrogen and oxygen atoms in total. The first-order valence-corrected chi connectivity index (χ1v) is 11.5. The molecule has 1 saturated heterocycles. The zero-order chi connectivity index (χ0) is 22.6. The summed E-state index contributed by atoms with van der Waals surface area (Å²) in [6.45, 7) is 0.589. The van der Waals surface area contributed by atoms with Gasteiger partial charge < -0.3 is 15.1 Å². The Balaban J connectivity index is 1.37. The fraction of sp³-hybridized carbons (Fsp3) is 0.407. The molecule has 1 aliphatic carbocycles. The second kappa shape index (κ2) is 9.70. The zero-order valence-electron chi connectivity index (χ0n) is 18.3. The molecule has 0 bridgehead atoms. The molecule has 1 saturated carbocycles. The summed E-state index contributed by atoms with van der Waals surface area (Å²) in [6, 6.07) is 17.2. The Labute approximate surface area is 189 Å². The van der Waals surface area contributed by atoms with Gasteiger partial charge in [0.05, 0.1) is 17.7 Å². The molecular formula is C27H31NO4. The maximum absolute atomic E-state index is 12.5. The number of benzene rings is 2. The van der Waals surface area contributed by atoms with Crippen molar-refractivity contribution in [2.45, 2.75) is 57.1 Å². The number of likely N-dealkylation sites (tertiary alicyclic amines) is 1. The topological polar surface area (TPSA) is 77.8 Å². The first-order chi connectivity index (χ1) is 15.5. The van der Waals surface area contributed by atoms with Crippen LogP contribution < -0.4 is 0 Å². The molecule has 4 rings (SSSR count). The van der Waals surface area contributed by atoms with Crippen LogP contribution >= 0.6 is 0 Å². The third-order valence-corrected chi connectivity index (χ3v) is 7.11. The number of carboxylic acids is 1. The van der Waals surface area contributed by atoms with Gasteiger partial charge >= 0.3 is 5.97 Å². The number of hydrogen-bond donors (Lipinski definition) is 2. The van der Waals surface area contributed by atoms with Gasteiger partial charge in [0, 0.05) is 18.4 Å². The fourth-order valence-electron chi connectivity index (χ4n) is 4.96. The van der Waals surface area contributed by atoms with Gasteiger partial charge in [-0.15, -0.1) is 0 Å². The first-order valence-electron chi connectivity index (χ1n) is 11.5. The van der Waals surface area contributed by atoms with E-state index in [0.717, 1.165) is 37.7 Å². The highest BCUT2D eigenvalue weighted by molar-refractivity contribution is 5.87. The van der Waals surface area contributed by atoms with Crippen LogP contribution in [0, 0.1) is 5.41 Å². The molecule has 2 aromatic carbocycles. The Morgan fingerprint density at radius 2 is 1.81 bits per heavy atom. The number of aliphatic hydroxyl groups excluding tert-OH is 1. The lowest BCUT2D eigenvalue weighted by Gasteiger charge is -2.45. The lowest BCUT2D eigenvalue weighted by Crippen LogP contribution is -2.42. The largest absolute Gasteiger partial charge is 0.478 e. The molecule has 2 fully saturated rings. The van der Waals surface area contributed by atoms with E-state index in [0.29, 0.717) is 19.4 Å². The van der Waals surface area contributed by atoms with Gasteiger partial charge in [-0.2, -0.15) is 0 Å². The molecule has 32 heavy (non-hydrogen) atoms. The van der Waals surface area contributed by atoms with Gasteiger partial charge in [-0.1, -0.05) is 61.0 Å². The molecule has 2 aromatic rings. The van der Waals surface area contributed by atoms with E-state index in [1.807, 2.05) is 47.4 Å². The average molecular weight is 434 g/mol. The maximum atomic E-state index is 12.5. The Kier molecular flexibility index (Phi) is 6.75. The number of rotatable bonds is 9. The number of aliphatic hydroxyl groups is 1. The minimum atomic E-state index is -0.938. The van der Waals surface area contributed by atoms with Crippen molar-refractivity contribution in [1.82, 2.24) is 4.90 Å². The van der Waals surface area contributed by atoms with Crippen molar-refractivity contribution in [2.75, 3.05) is 6.54 Å². The van der Waals surface area contributed by atoms with Crippen molar-refractivity contribution in [3.05, 3.63) is 83.4 Å². The molecular weight excluding hydrogens is 402 g/mol. The summed E-state index contributed by atoms with van der Waals surface area (Å²) < 4.78 is 0. The second-order valence-electron chi connectivity index (χ2n) is 9.15. The lowest BCUT2D eigenvalue weighted by atomic mass is 9.62. The van der Waals surface area contributed by atoms with Crippen LogP contribution in [0.4, 0.5) is 0 Å². The highest BCUT2D eigenvalue weighted by Crippen LogP contribution is 2.47. The van der Waals surface area contributed by atoms with E-state index >= 15 is 0 Å². The first kappa shape index (κ1) is 22.3. The standard InChI is InChI=1S/C27H31NO4/c29-24(27(16-4-17-27)19-21-5-2-1-3-6-21)13-11-23-12-14-25(30)28(23)18-15-20-7-9-22(10-8-20)26(31)32/h1-3,5-11,13,23-24,29H,4,12,14-19H2,(H,31,32). The number of carboxylic acid groups (broad SMARTS) is 1. The van der Waals surface area contributed by atoms with E-state index in [1.165, 1.54) is 5.56 Å². The van der Waals surface area contributed by atoms with Crippen LogP contribution in [0.15, 0.2) is 66.7 Å². The van der Waals surface area contributed by atoms with Crippen molar-refractivity contribution in [3.63, 3.8) is 0 Å². The number of nitrogens with zero attached hydrogens (tertiary/aromatic N) is 1. The van der Waals surface area contributed by atoms with E-state index in [4.69, 9.17) is 5.11 Å². The van der Waals surface area contributed by atoms with Crippen molar-refractivity contribution in [3.8, 4) is 0 Å². The van der Waals surface area contributed by atoms with E-state index in [9.17, 15) is 14.7 Å². The highest BCUT2D eigenvalue weighted by Gasteiger charge is 2.42. The molecule has 2 unspecified atom stereocenters. The molecule has 5 heteroatoms. The monoisotopic (exact) mass is 433 g/mol. The summed E-state index contributed by atoms with van der Waals surface area (Å²) in [5.41, 5.74) is 2.43. The van der Waals surface area contributed by atoms with E-state index in [-0.39, 0.29) is 22.9 Å². The summed E-state index contributed by atoms with van der Waals surface area (Å²) in [7, 11) is 0. The van der Waals surface area contributed by atoms with Crippen LogP contribution in [-0.4, -0.2) is 45.7 Å². The van der Waals surface area contributed by atoms with Crippen molar-refractivity contribution < 1.29 is 19.8 Å². The van der Waals surface area contributed by atoms with Crippen LogP contribution in [0.3, 0.4) is 0 Å². The summed E-state index contributed by atoms with van der Waals surface area (Å²) in [6.07, 6.45) is 9.46. The van der Waals surface area contributed by atoms with Gasteiger partial charge in [-0.25, -0.2) is 4.79 Å². The van der Waals surface area contributed by atoms with Gasteiger partial charge in [0.15, 0.2) is 0 Å². The van der Waals surface area contributed by atoms with Crippen LogP contribution in [0.25, 0.3) is 0 Å². The van der Waals surface area contributed by atoms with Crippen molar-refractivity contribution >= 4 is 11.9 Å². The maximum Gasteiger partial charge on any atom is 0.335 e. The molecule has 1 aliphatic heterocycles. The lowest BCUT2D eigenvalue weighted by molar-refractivity contribution is -0.128. The third-order valence-electron chi connectivity index (χ3n) is 7.11. The molecule has 2 atom stereocenters. The van der Waals surface area contributed by atoms with Gasteiger partial charge in [0.1, 0.15) is 0 Å². The van der Waals surface area contributed by atoms with Crippen molar-refractivity contribution in [2.24, 2.45) is 5.41 Å².